The van der Waals surface area contributed by atoms with Crippen molar-refractivity contribution in [3.05, 3.63) is 46.2 Å². The van der Waals surface area contributed by atoms with Crippen molar-refractivity contribution in [2.24, 2.45) is 5.92 Å². The van der Waals surface area contributed by atoms with Gasteiger partial charge in [0, 0.05) is 24.7 Å². The van der Waals surface area contributed by atoms with Crippen LogP contribution in [0.3, 0.4) is 0 Å². The number of hydrogen-bond acceptors (Lipinski definition) is 1. The topological polar surface area (TPSA) is 3.24 Å². The van der Waals surface area contributed by atoms with E-state index in [0.29, 0.717) is 5.92 Å². The highest BCUT2D eigenvalue weighted by Gasteiger charge is 2.33. The lowest BCUT2D eigenvalue weighted by Crippen LogP contribution is -2.38. The molecule has 138 valence electrons. The smallest absolute Gasteiger partial charge is 0.0429 e. The number of rotatable bonds is 6. The van der Waals surface area contributed by atoms with Crippen LogP contribution in [0.15, 0.2) is 46.2 Å². The maximum atomic E-state index is 4.60. The molecule has 0 saturated heterocycles. The molecule has 1 aliphatic heterocycles. The molecule has 1 aliphatic carbocycles. The SMILES string of the molecule is C#CC.C=C1C(N2CCC(C)=C(/C=C(\CC)CCC)C2)=C(C)C1CC. The van der Waals surface area contributed by atoms with Gasteiger partial charge in [0.25, 0.3) is 0 Å². The molecule has 1 heterocycles. The molecular weight excluding hydrogens is 302 g/mol. The van der Waals surface area contributed by atoms with Crippen molar-refractivity contribution in [1.29, 1.82) is 0 Å². The van der Waals surface area contributed by atoms with Crippen LogP contribution < -0.4 is 0 Å². The summed E-state index contributed by atoms with van der Waals surface area (Å²) in [6, 6.07) is 0. The Bertz CT molecular complexity index is 606. The fourth-order valence-corrected chi connectivity index (χ4v) is 3.93. The van der Waals surface area contributed by atoms with Gasteiger partial charge in [0.15, 0.2) is 0 Å². The van der Waals surface area contributed by atoms with Crippen molar-refractivity contribution in [2.75, 3.05) is 13.1 Å². The normalized spacial score (nSPS) is 20.8. The summed E-state index contributed by atoms with van der Waals surface area (Å²) in [7, 11) is 0. The highest BCUT2D eigenvalue weighted by Crippen LogP contribution is 2.44. The van der Waals surface area contributed by atoms with Crippen LogP contribution in [0.5, 0.6) is 0 Å². The molecule has 2 rings (SSSR count). The molecule has 1 atom stereocenters. The molecule has 1 heteroatoms. The molecule has 0 saturated carbocycles. The Morgan fingerprint density at radius 2 is 1.96 bits per heavy atom. The lowest BCUT2D eigenvalue weighted by atomic mass is 9.75. The largest absolute Gasteiger partial charge is 0.367 e. The Kier molecular flexibility index (Phi) is 8.84. The second-order valence-electron chi connectivity index (χ2n) is 7.19. The molecule has 0 N–H and O–H groups in total. The second-order valence-corrected chi connectivity index (χ2v) is 7.19. The summed E-state index contributed by atoms with van der Waals surface area (Å²) in [6.07, 6.45) is 13.1. The van der Waals surface area contributed by atoms with Crippen molar-refractivity contribution < 1.29 is 0 Å². The minimum atomic E-state index is 0.632. The van der Waals surface area contributed by atoms with E-state index in [2.05, 4.69) is 64.5 Å². The highest BCUT2D eigenvalue weighted by atomic mass is 15.2. The lowest BCUT2D eigenvalue weighted by Gasteiger charge is -2.43. The molecule has 0 spiro atoms. The molecular formula is C24H37N. The summed E-state index contributed by atoms with van der Waals surface area (Å²) >= 11 is 0. The van der Waals surface area contributed by atoms with Gasteiger partial charge in [0.1, 0.15) is 0 Å². The summed E-state index contributed by atoms with van der Waals surface area (Å²) in [6.45, 7) is 19.7. The van der Waals surface area contributed by atoms with E-state index in [9.17, 15) is 0 Å². The molecule has 0 aromatic rings. The predicted octanol–water partition coefficient (Wildman–Crippen LogP) is 6.65. The zero-order chi connectivity index (χ0) is 19.0. The van der Waals surface area contributed by atoms with Crippen LogP contribution in [0.4, 0.5) is 0 Å². The number of terminal acetylenes is 1. The van der Waals surface area contributed by atoms with E-state index in [1.54, 1.807) is 29.2 Å². The zero-order valence-electron chi connectivity index (χ0n) is 17.3. The number of hydrogen-bond donors (Lipinski definition) is 0. The number of nitrogens with zero attached hydrogens (tertiary/aromatic N) is 1. The first-order valence-electron chi connectivity index (χ1n) is 9.85. The molecule has 2 aliphatic rings. The van der Waals surface area contributed by atoms with Crippen molar-refractivity contribution >= 4 is 0 Å². The van der Waals surface area contributed by atoms with Gasteiger partial charge in [-0.05, 0) is 63.2 Å². The highest BCUT2D eigenvalue weighted by molar-refractivity contribution is 5.50. The Hall–Kier alpha value is -1.68. The molecule has 25 heavy (non-hydrogen) atoms. The fourth-order valence-electron chi connectivity index (χ4n) is 3.93. The van der Waals surface area contributed by atoms with Gasteiger partial charge in [-0.25, -0.2) is 0 Å². The molecule has 0 aromatic heterocycles. The van der Waals surface area contributed by atoms with Crippen molar-refractivity contribution in [3.63, 3.8) is 0 Å². The molecule has 0 radical (unpaired) electrons. The van der Waals surface area contributed by atoms with E-state index < -0.39 is 0 Å². The van der Waals surface area contributed by atoms with Gasteiger partial charge >= 0.3 is 0 Å². The Labute approximate surface area is 156 Å². The van der Waals surface area contributed by atoms with E-state index in [1.165, 1.54) is 43.4 Å². The van der Waals surface area contributed by atoms with E-state index in [1.807, 2.05) is 0 Å². The van der Waals surface area contributed by atoms with Gasteiger partial charge < -0.3 is 4.90 Å². The summed E-state index contributed by atoms with van der Waals surface area (Å²) in [5, 5.41) is 0. The van der Waals surface area contributed by atoms with Crippen molar-refractivity contribution in [3.8, 4) is 12.3 Å². The molecule has 1 nitrogen and oxygen atoms in total. The first kappa shape index (κ1) is 21.4. The summed E-state index contributed by atoms with van der Waals surface area (Å²) in [4.78, 5) is 2.57. The third-order valence-electron chi connectivity index (χ3n) is 5.42. The first-order chi connectivity index (χ1) is 11.9. The van der Waals surface area contributed by atoms with E-state index >= 15 is 0 Å². The molecule has 1 unspecified atom stereocenters. The van der Waals surface area contributed by atoms with Crippen LogP contribution in [0.25, 0.3) is 0 Å². The molecule has 0 bridgehead atoms. The summed E-state index contributed by atoms with van der Waals surface area (Å²) < 4.78 is 0. The van der Waals surface area contributed by atoms with Gasteiger partial charge in [-0.2, -0.15) is 0 Å². The minimum absolute atomic E-state index is 0.632. The molecule has 0 amide bonds. The lowest BCUT2D eigenvalue weighted by molar-refractivity contribution is 0.334. The number of allylic oxidation sites excluding steroid dienone is 3. The van der Waals surface area contributed by atoms with Gasteiger partial charge in [-0.15, -0.1) is 12.3 Å². The Balaban J connectivity index is 0.000000970. The maximum Gasteiger partial charge on any atom is 0.0429 e. The van der Waals surface area contributed by atoms with Crippen LogP contribution >= 0.6 is 0 Å². The minimum Gasteiger partial charge on any atom is -0.367 e. The van der Waals surface area contributed by atoms with Crippen LogP contribution in [0, 0.1) is 18.3 Å². The van der Waals surface area contributed by atoms with E-state index in [0.717, 1.165) is 13.1 Å². The Morgan fingerprint density at radius 3 is 2.44 bits per heavy atom. The quantitative estimate of drug-likeness (QED) is 0.489. The van der Waals surface area contributed by atoms with Gasteiger partial charge in [0.05, 0.1) is 0 Å². The zero-order valence-corrected chi connectivity index (χ0v) is 17.3. The average molecular weight is 340 g/mol. The van der Waals surface area contributed by atoms with Crippen LogP contribution in [0.2, 0.25) is 0 Å². The molecule has 0 aromatic carbocycles. The van der Waals surface area contributed by atoms with E-state index in [4.69, 9.17) is 0 Å². The second kappa shape index (κ2) is 10.3. The summed E-state index contributed by atoms with van der Waals surface area (Å²) in [5.74, 6) is 2.88. The first-order valence-corrected chi connectivity index (χ1v) is 9.85. The maximum absolute atomic E-state index is 4.60. The molecule has 0 fully saturated rings. The van der Waals surface area contributed by atoms with Crippen LogP contribution in [-0.2, 0) is 0 Å². The van der Waals surface area contributed by atoms with Gasteiger partial charge in [-0.1, -0.05) is 51.0 Å². The third kappa shape index (κ3) is 5.15. The monoisotopic (exact) mass is 339 g/mol. The predicted molar refractivity (Wildman–Crippen MR) is 112 cm³/mol. The van der Waals surface area contributed by atoms with Gasteiger partial charge in [-0.3, -0.25) is 0 Å². The van der Waals surface area contributed by atoms with Crippen LogP contribution in [0.1, 0.15) is 73.6 Å². The average Bonchev–Trinajstić information content (AvgIpc) is 2.58. The third-order valence-corrected chi connectivity index (χ3v) is 5.42. The van der Waals surface area contributed by atoms with E-state index in [-0.39, 0.29) is 0 Å². The van der Waals surface area contributed by atoms with Crippen LogP contribution in [-0.4, -0.2) is 18.0 Å². The fraction of sp³-hybridized carbons (Fsp3) is 0.583. The van der Waals surface area contributed by atoms with Crippen molar-refractivity contribution in [1.82, 2.24) is 4.90 Å². The Morgan fingerprint density at radius 1 is 1.32 bits per heavy atom. The summed E-state index contributed by atoms with van der Waals surface area (Å²) in [5.41, 5.74) is 9.10. The van der Waals surface area contributed by atoms with Gasteiger partial charge in [0.2, 0.25) is 0 Å². The van der Waals surface area contributed by atoms with Crippen molar-refractivity contribution in [2.45, 2.75) is 73.6 Å². The standard InChI is InChI=1S/C21H33N.C3H4/c1-7-10-18(8-2)13-19-14-22(12-11-15(19)4)21-16(5)20(9-3)17(21)6;1-3-2/h13,20H,5,7-12,14H2,1-4,6H3;1H,2H3/b18-13+;.